The fraction of sp³-hybridized carbons (Fsp3) is 0.235. The van der Waals surface area contributed by atoms with Gasteiger partial charge in [-0.3, -0.25) is 4.79 Å². The third kappa shape index (κ3) is 4.33. The molecule has 0 fully saturated rings. The van der Waals surface area contributed by atoms with Gasteiger partial charge in [-0.05, 0) is 49.2 Å². The molecule has 4 heteroatoms. The first kappa shape index (κ1) is 15.6. The highest BCUT2D eigenvalue weighted by Gasteiger charge is 2.09. The number of hydrogen-bond donors (Lipinski definition) is 1. The first-order valence-electron chi connectivity index (χ1n) is 6.80. The van der Waals surface area contributed by atoms with Crippen LogP contribution in [0.25, 0.3) is 0 Å². The van der Waals surface area contributed by atoms with E-state index in [2.05, 4.69) is 21.2 Å². The molecule has 110 valence electrons. The number of carbonyl (C=O) groups excluding carboxylic acids is 1. The van der Waals surface area contributed by atoms with E-state index in [1.807, 2.05) is 56.3 Å². The maximum atomic E-state index is 12.1. The highest BCUT2D eigenvalue weighted by Crippen LogP contribution is 2.19. The van der Waals surface area contributed by atoms with Crippen molar-refractivity contribution in [1.82, 2.24) is 5.32 Å². The van der Waals surface area contributed by atoms with Crippen LogP contribution in [0.2, 0.25) is 0 Å². The first-order valence-corrected chi connectivity index (χ1v) is 7.60. The zero-order valence-electron chi connectivity index (χ0n) is 12.2. The minimum Gasteiger partial charge on any atom is -0.492 e. The van der Waals surface area contributed by atoms with Crippen molar-refractivity contribution in [3.05, 3.63) is 63.6 Å². The molecule has 0 unspecified atom stereocenters. The largest absolute Gasteiger partial charge is 0.492 e. The number of carbonyl (C=O) groups is 1. The summed E-state index contributed by atoms with van der Waals surface area (Å²) in [6.07, 6.45) is 0. The summed E-state index contributed by atoms with van der Waals surface area (Å²) in [5.74, 6) is 0.740. The molecule has 0 aliphatic heterocycles. The zero-order valence-corrected chi connectivity index (χ0v) is 13.7. The fourth-order valence-electron chi connectivity index (χ4n) is 1.99. The lowest BCUT2D eigenvalue weighted by Crippen LogP contribution is -2.28. The van der Waals surface area contributed by atoms with Gasteiger partial charge in [0.2, 0.25) is 0 Å². The molecule has 1 amide bonds. The molecule has 0 aromatic heterocycles. The van der Waals surface area contributed by atoms with E-state index in [4.69, 9.17) is 4.74 Å². The van der Waals surface area contributed by atoms with E-state index in [1.165, 1.54) is 0 Å². The van der Waals surface area contributed by atoms with Crippen LogP contribution in [-0.2, 0) is 0 Å². The van der Waals surface area contributed by atoms with Crippen molar-refractivity contribution < 1.29 is 9.53 Å². The quantitative estimate of drug-likeness (QED) is 0.833. The maximum Gasteiger partial charge on any atom is 0.251 e. The van der Waals surface area contributed by atoms with E-state index < -0.39 is 0 Å². The minimum atomic E-state index is -0.0818. The average Bonchev–Trinajstić information content (AvgIpc) is 2.46. The topological polar surface area (TPSA) is 38.3 Å². The molecule has 0 heterocycles. The molecule has 0 saturated heterocycles. The summed E-state index contributed by atoms with van der Waals surface area (Å²) >= 11 is 3.43. The monoisotopic (exact) mass is 347 g/mol. The molecule has 0 radical (unpaired) electrons. The average molecular weight is 348 g/mol. The van der Waals surface area contributed by atoms with E-state index >= 15 is 0 Å². The number of aryl methyl sites for hydroxylation is 1. The molecule has 0 aliphatic carbocycles. The number of rotatable bonds is 5. The summed E-state index contributed by atoms with van der Waals surface area (Å²) in [4.78, 5) is 12.1. The van der Waals surface area contributed by atoms with E-state index in [0.29, 0.717) is 18.7 Å². The van der Waals surface area contributed by atoms with Crippen LogP contribution in [0.3, 0.4) is 0 Å². The van der Waals surface area contributed by atoms with E-state index in [1.54, 1.807) is 0 Å². The van der Waals surface area contributed by atoms with Crippen molar-refractivity contribution >= 4 is 21.8 Å². The highest BCUT2D eigenvalue weighted by atomic mass is 79.9. The van der Waals surface area contributed by atoms with Crippen molar-refractivity contribution in [2.75, 3.05) is 13.2 Å². The molecular weight excluding hydrogens is 330 g/mol. The van der Waals surface area contributed by atoms with Gasteiger partial charge in [0, 0.05) is 10.0 Å². The van der Waals surface area contributed by atoms with Crippen LogP contribution >= 0.6 is 15.9 Å². The summed E-state index contributed by atoms with van der Waals surface area (Å²) < 4.78 is 6.54. The van der Waals surface area contributed by atoms with Gasteiger partial charge in [-0.15, -0.1) is 0 Å². The Kier molecular flexibility index (Phi) is 5.39. The van der Waals surface area contributed by atoms with Crippen molar-refractivity contribution in [2.45, 2.75) is 13.8 Å². The Labute approximate surface area is 133 Å². The summed E-state index contributed by atoms with van der Waals surface area (Å²) in [6, 6.07) is 13.4. The smallest absolute Gasteiger partial charge is 0.251 e. The molecule has 2 aromatic carbocycles. The number of halogens is 1. The normalized spacial score (nSPS) is 10.2. The highest BCUT2D eigenvalue weighted by molar-refractivity contribution is 9.10. The third-order valence-corrected chi connectivity index (χ3v) is 4.02. The van der Waals surface area contributed by atoms with Crippen molar-refractivity contribution in [1.29, 1.82) is 0 Å². The molecule has 0 aliphatic rings. The van der Waals surface area contributed by atoms with Crippen molar-refractivity contribution in [3.63, 3.8) is 0 Å². The van der Waals surface area contributed by atoms with Gasteiger partial charge >= 0.3 is 0 Å². The summed E-state index contributed by atoms with van der Waals surface area (Å²) in [5, 5.41) is 2.87. The second kappa shape index (κ2) is 7.27. The summed E-state index contributed by atoms with van der Waals surface area (Å²) in [6.45, 7) is 4.86. The van der Waals surface area contributed by atoms with E-state index in [9.17, 15) is 4.79 Å². The number of benzene rings is 2. The molecule has 0 spiro atoms. The van der Waals surface area contributed by atoms with Crippen molar-refractivity contribution in [3.8, 4) is 5.75 Å². The van der Waals surface area contributed by atoms with Crippen LogP contribution in [-0.4, -0.2) is 19.1 Å². The van der Waals surface area contributed by atoms with Crippen molar-refractivity contribution in [2.24, 2.45) is 0 Å². The number of hydrogen-bond acceptors (Lipinski definition) is 2. The predicted molar refractivity (Wildman–Crippen MR) is 87.9 cm³/mol. The molecule has 1 N–H and O–H groups in total. The second-order valence-corrected chi connectivity index (χ2v) is 5.69. The minimum absolute atomic E-state index is 0.0818. The van der Waals surface area contributed by atoms with Gasteiger partial charge in [0.1, 0.15) is 12.4 Å². The van der Waals surface area contributed by atoms with Gasteiger partial charge < -0.3 is 10.1 Å². The lowest BCUT2D eigenvalue weighted by Gasteiger charge is -2.10. The van der Waals surface area contributed by atoms with E-state index in [0.717, 1.165) is 21.3 Å². The predicted octanol–water partition coefficient (Wildman–Crippen LogP) is 3.87. The second-order valence-electron chi connectivity index (χ2n) is 4.83. The Bertz CT molecular complexity index is 640. The molecular formula is C17H18BrNO2. The van der Waals surface area contributed by atoms with Gasteiger partial charge in [-0.1, -0.05) is 34.1 Å². The molecule has 0 bridgehead atoms. The van der Waals surface area contributed by atoms with Crippen LogP contribution in [0.1, 0.15) is 21.5 Å². The SMILES string of the molecule is Cc1cccc(OCCNC(=O)c2cccc(Br)c2C)c1. The Morgan fingerprint density at radius 3 is 2.71 bits per heavy atom. The molecule has 0 saturated carbocycles. The van der Waals surface area contributed by atoms with Crippen LogP contribution in [0.15, 0.2) is 46.9 Å². The lowest BCUT2D eigenvalue weighted by molar-refractivity contribution is 0.0946. The third-order valence-electron chi connectivity index (χ3n) is 3.16. The number of nitrogens with one attached hydrogen (secondary N) is 1. The van der Waals surface area contributed by atoms with Gasteiger partial charge in [0.05, 0.1) is 6.54 Å². The summed E-state index contributed by atoms with van der Waals surface area (Å²) in [5.41, 5.74) is 2.77. The standard InChI is InChI=1S/C17H18BrNO2/c1-12-5-3-6-14(11-12)21-10-9-19-17(20)15-7-4-8-16(18)13(15)2/h3-8,11H,9-10H2,1-2H3,(H,19,20). The van der Waals surface area contributed by atoms with Crippen LogP contribution in [0.4, 0.5) is 0 Å². The first-order chi connectivity index (χ1) is 10.1. The fourth-order valence-corrected chi connectivity index (χ4v) is 2.35. The Hall–Kier alpha value is -1.81. The Morgan fingerprint density at radius 1 is 1.19 bits per heavy atom. The summed E-state index contributed by atoms with van der Waals surface area (Å²) in [7, 11) is 0. The number of amides is 1. The lowest BCUT2D eigenvalue weighted by atomic mass is 10.1. The Morgan fingerprint density at radius 2 is 1.95 bits per heavy atom. The maximum absolute atomic E-state index is 12.1. The number of ether oxygens (including phenoxy) is 1. The molecule has 2 rings (SSSR count). The molecule has 3 nitrogen and oxygen atoms in total. The van der Waals surface area contributed by atoms with E-state index in [-0.39, 0.29) is 5.91 Å². The van der Waals surface area contributed by atoms with Gasteiger partial charge in [-0.2, -0.15) is 0 Å². The van der Waals surface area contributed by atoms with Gasteiger partial charge in [0.15, 0.2) is 0 Å². The molecule has 0 atom stereocenters. The zero-order chi connectivity index (χ0) is 15.2. The molecule has 21 heavy (non-hydrogen) atoms. The van der Waals surface area contributed by atoms with Gasteiger partial charge in [-0.25, -0.2) is 0 Å². The Balaban J connectivity index is 1.83. The molecule has 2 aromatic rings. The van der Waals surface area contributed by atoms with Crippen LogP contribution in [0.5, 0.6) is 5.75 Å². The van der Waals surface area contributed by atoms with Gasteiger partial charge in [0.25, 0.3) is 5.91 Å². The van der Waals surface area contributed by atoms with Crippen LogP contribution < -0.4 is 10.1 Å². The van der Waals surface area contributed by atoms with Crippen LogP contribution in [0, 0.1) is 13.8 Å².